The molecule has 0 aromatic heterocycles. The first-order valence-corrected chi connectivity index (χ1v) is 7.22. The largest absolute Gasteiger partial charge is 0.483 e. The molecule has 0 heterocycles. The number of carbonyl (C=O) groups is 1. The molecular formula is C14H18BrNO3. The van der Waals surface area contributed by atoms with E-state index in [1.54, 1.807) is 19.1 Å². The topological polar surface area (TPSA) is 58.6 Å². The van der Waals surface area contributed by atoms with Crippen LogP contribution in [0.25, 0.3) is 0 Å². The molecule has 4 nitrogen and oxygen atoms in total. The van der Waals surface area contributed by atoms with E-state index in [4.69, 9.17) is 4.74 Å². The lowest BCUT2D eigenvalue weighted by molar-refractivity contribution is -0.123. The number of hydrogen-bond acceptors (Lipinski definition) is 3. The Balaban J connectivity index is 1.88. The number of benzene rings is 1. The number of ether oxygens (including phenoxy) is 1. The third-order valence-corrected chi connectivity index (χ3v) is 3.56. The highest BCUT2D eigenvalue weighted by molar-refractivity contribution is 9.10. The van der Waals surface area contributed by atoms with Gasteiger partial charge in [-0.3, -0.25) is 4.79 Å². The highest BCUT2D eigenvalue weighted by Gasteiger charge is 2.21. The molecular weight excluding hydrogens is 310 g/mol. The number of aliphatic hydroxyl groups is 1. The number of hydrogen-bond donors (Lipinski definition) is 2. The average molecular weight is 328 g/mol. The van der Waals surface area contributed by atoms with Crippen LogP contribution in [0, 0.1) is 5.92 Å². The van der Waals surface area contributed by atoms with E-state index >= 15 is 0 Å². The zero-order chi connectivity index (χ0) is 13.8. The summed E-state index contributed by atoms with van der Waals surface area (Å²) >= 11 is 3.35. The van der Waals surface area contributed by atoms with Crippen molar-refractivity contribution in [3.63, 3.8) is 0 Å². The van der Waals surface area contributed by atoms with Gasteiger partial charge in [0.15, 0.2) is 6.61 Å². The van der Waals surface area contributed by atoms with Gasteiger partial charge < -0.3 is 15.2 Å². The Kier molecular flexibility index (Phi) is 4.82. The van der Waals surface area contributed by atoms with Crippen LogP contribution in [-0.2, 0) is 4.79 Å². The van der Waals surface area contributed by atoms with Crippen LogP contribution in [0.3, 0.4) is 0 Å². The van der Waals surface area contributed by atoms with E-state index in [9.17, 15) is 9.90 Å². The first kappa shape index (κ1) is 14.3. The molecule has 1 aromatic rings. The van der Waals surface area contributed by atoms with Crippen LogP contribution in [0.5, 0.6) is 5.75 Å². The van der Waals surface area contributed by atoms with E-state index in [0.29, 0.717) is 17.2 Å². The third kappa shape index (κ3) is 4.51. The molecule has 2 rings (SSSR count). The van der Waals surface area contributed by atoms with Gasteiger partial charge in [0.25, 0.3) is 5.91 Å². The Bertz CT molecular complexity index is 458. The standard InChI is InChI=1S/C14H18BrNO3/c1-9(17)12-6-11(15)4-5-13(12)19-8-14(18)16-7-10-2-3-10/h4-6,9-10,17H,2-3,7-8H2,1H3,(H,16,18). The second kappa shape index (κ2) is 6.39. The zero-order valence-electron chi connectivity index (χ0n) is 10.9. The monoisotopic (exact) mass is 327 g/mol. The normalized spacial score (nSPS) is 15.9. The molecule has 19 heavy (non-hydrogen) atoms. The summed E-state index contributed by atoms with van der Waals surface area (Å²) in [7, 11) is 0. The van der Waals surface area contributed by atoms with Crippen LogP contribution in [0.4, 0.5) is 0 Å². The van der Waals surface area contributed by atoms with E-state index in [2.05, 4.69) is 21.2 Å². The number of nitrogens with one attached hydrogen (secondary N) is 1. The molecule has 1 fully saturated rings. The fraction of sp³-hybridized carbons (Fsp3) is 0.500. The lowest BCUT2D eigenvalue weighted by Crippen LogP contribution is -2.30. The summed E-state index contributed by atoms with van der Waals surface area (Å²) in [6.45, 7) is 2.39. The van der Waals surface area contributed by atoms with Crippen molar-refractivity contribution in [3.8, 4) is 5.75 Å². The zero-order valence-corrected chi connectivity index (χ0v) is 12.4. The van der Waals surface area contributed by atoms with Gasteiger partial charge in [-0.1, -0.05) is 15.9 Å². The van der Waals surface area contributed by atoms with Gasteiger partial charge >= 0.3 is 0 Å². The van der Waals surface area contributed by atoms with E-state index in [1.165, 1.54) is 12.8 Å². The Labute approximate surface area is 121 Å². The fourth-order valence-corrected chi connectivity index (χ4v) is 2.13. The highest BCUT2D eigenvalue weighted by atomic mass is 79.9. The molecule has 1 aliphatic carbocycles. The predicted octanol–water partition coefficient (Wildman–Crippen LogP) is 2.41. The van der Waals surface area contributed by atoms with Crippen molar-refractivity contribution in [3.05, 3.63) is 28.2 Å². The maximum absolute atomic E-state index is 11.6. The van der Waals surface area contributed by atoms with E-state index in [0.717, 1.165) is 11.0 Å². The molecule has 5 heteroatoms. The van der Waals surface area contributed by atoms with Crippen LogP contribution in [0.2, 0.25) is 0 Å². The second-order valence-corrected chi connectivity index (χ2v) is 5.81. The van der Waals surface area contributed by atoms with E-state index in [-0.39, 0.29) is 12.5 Å². The summed E-state index contributed by atoms with van der Waals surface area (Å²) < 4.78 is 6.34. The minimum atomic E-state index is -0.637. The Morgan fingerprint density at radius 1 is 1.58 bits per heavy atom. The van der Waals surface area contributed by atoms with Crippen molar-refractivity contribution < 1.29 is 14.6 Å². The average Bonchev–Trinajstić information content (AvgIpc) is 3.18. The smallest absolute Gasteiger partial charge is 0.257 e. The van der Waals surface area contributed by atoms with Crippen LogP contribution < -0.4 is 10.1 Å². The Morgan fingerprint density at radius 2 is 2.32 bits per heavy atom. The SMILES string of the molecule is CC(O)c1cc(Br)ccc1OCC(=O)NCC1CC1. The van der Waals surface area contributed by atoms with Gasteiger partial charge in [0.05, 0.1) is 6.10 Å². The molecule has 0 spiro atoms. The van der Waals surface area contributed by atoms with E-state index in [1.807, 2.05) is 6.07 Å². The summed E-state index contributed by atoms with van der Waals surface area (Å²) in [4.78, 5) is 11.6. The molecule has 0 aliphatic heterocycles. The Hall–Kier alpha value is -1.07. The van der Waals surface area contributed by atoms with Crippen molar-refractivity contribution in [1.82, 2.24) is 5.32 Å². The molecule has 0 saturated heterocycles. The number of aliphatic hydroxyl groups excluding tert-OH is 1. The van der Waals surface area contributed by atoms with Gasteiger partial charge in [-0.2, -0.15) is 0 Å². The molecule has 104 valence electrons. The lowest BCUT2D eigenvalue weighted by Gasteiger charge is -2.13. The molecule has 1 aromatic carbocycles. The first-order valence-electron chi connectivity index (χ1n) is 6.43. The van der Waals surface area contributed by atoms with Crippen LogP contribution in [0.1, 0.15) is 31.4 Å². The summed E-state index contributed by atoms with van der Waals surface area (Å²) in [5, 5.41) is 12.5. The molecule has 1 amide bonds. The van der Waals surface area contributed by atoms with Gasteiger partial charge in [0, 0.05) is 16.6 Å². The van der Waals surface area contributed by atoms with Gasteiger partial charge in [0.2, 0.25) is 0 Å². The van der Waals surface area contributed by atoms with Gasteiger partial charge in [0.1, 0.15) is 5.75 Å². The maximum atomic E-state index is 11.6. The van der Waals surface area contributed by atoms with Crippen molar-refractivity contribution in [2.75, 3.05) is 13.2 Å². The molecule has 1 atom stereocenters. The van der Waals surface area contributed by atoms with Crippen LogP contribution >= 0.6 is 15.9 Å². The summed E-state index contributed by atoms with van der Waals surface area (Å²) in [6, 6.07) is 5.37. The molecule has 1 saturated carbocycles. The Morgan fingerprint density at radius 3 is 2.95 bits per heavy atom. The molecule has 2 N–H and O–H groups in total. The number of carbonyl (C=O) groups excluding carboxylic acids is 1. The predicted molar refractivity (Wildman–Crippen MR) is 76.0 cm³/mol. The number of amides is 1. The summed E-state index contributed by atoms with van der Waals surface area (Å²) in [5.41, 5.74) is 0.671. The minimum absolute atomic E-state index is 0.0198. The summed E-state index contributed by atoms with van der Waals surface area (Å²) in [5.74, 6) is 1.08. The first-order chi connectivity index (χ1) is 9.06. The van der Waals surface area contributed by atoms with Gasteiger partial charge in [-0.05, 0) is 43.9 Å². The second-order valence-electron chi connectivity index (χ2n) is 4.89. The highest BCUT2D eigenvalue weighted by Crippen LogP contribution is 2.29. The van der Waals surface area contributed by atoms with E-state index < -0.39 is 6.10 Å². The number of halogens is 1. The van der Waals surface area contributed by atoms with Crippen molar-refractivity contribution in [1.29, 1.82) is 0 Å². The molecule has 1 unspecified atom stereocenters. The molecule has 0 radical (unpaired) electrons. The minimum Gasteiger partial charge on any atom is -0.483 e. The van der Waals surface area contributed by atoms with Gasteiger partial charge in [-0.25, -0.2) is 0 Å². The summed E-state index contributed by atoms with van der Waals surface area (Å²) in [6.07, 6.45) is 1.78. The quantitative estimate of drug-likeness (QED) is 0.843. The van der Waals surface area contributed by atoms with Crippen LogP contribution in [-0.4, -0.2) is 24.2 Å². The molecule has 0 bridgehead atoms. The van der Waals surface area contributed by atoms with Crippen molar-refractivity contribution in [2.24, 2.45) is 5.92 Å². The lowest BCUT2D eigenvalue weighted by atomic mass is 10.1. The van der Waals surface area contributed by atoms with Crippen molar-refractivity contribution >= 4 is 21.8 Å². The van der Waals surface area contributed by atoms with Crippen LogP contribution in [0.15, 0.2) is 22.7 Å². The third-order valence-electron chi connectivity index (χ3n) is 3.07. The van der Waals surface area contributed by atoms with Gasteiger partial charge in [-0.15, -0.1) is 0 Å². The van der Waals surface area contributed by atoms with Crippen molar-refractivity contribution in [2.45, 2.75) is 25.9 Å². The fourth-order valence-electron chi connectivity index (χ4n) is 1.75. The molecule has 1 aliphatic rings. The number of rotatable bonds is 6. The maximum Gasteiger partial charge on any atom is 0.257 e.